The van der Waals surface area contributed by atoms with E-state index in [1.165, 1.54) is 11.3 Å². The quantitative estimate of drug-likeness (QED) is 0.871. The van der Waals surface area contributed by atoms with Gasteiger partial charge in [0.15, 0.2) is 0 Å². The second-order valence-corrected chi connectivity index (χ2v) is 5.84. The van der Waals surface area contributed by atoms with Crippen LogP contribution in [0.25, 0.3) is 0 Å². The average Bonchev–Trinajstić information content (AvgIpc) is 2.93. The maximum absolute atomic E-state index is 4.43. The Morgan fingerprint density at radius 2 is 2.28 bits per heavy atom. The summed E-state index contributed by atoms with van der Waals surface area (Å²) in [6.07, 6.45) is 3.79. The Kier molecular flexibility index (Phi) is 4.49. The van der Waals surface area contributed by atoms with Gasteiger partial charge < -0.3 is 5.32 Å². The highest BCUT2D eigenvalue weighted by Gasteiger charge is 2.07. The van der Waals surface area contributed by atoms with Gasteiger partial charge in [0.05, 0.1) is 12.7 Å². The standard InChI is InChI=1S/C13H20N4S/c1-10(2)6-14-7-12-8-16-17(11(12)3)9-13-15-4-5-18-13/h4-5,8,10,14H,6-7,9H2,1-3H3. The van der Waals surface area contributed by atoms with Crippen LogP contribution >= 0.6 is 11.3 Å². The van der Waals surface area contributed by atoms with Crippen molar-refractivity contribution in [3.05, 3.63) is 34.0 Å². The second kappa shape index (κ2) is 6.11. The lowest BCUT2D eigenvalue weighted by Crippen LogP contribution is -2.19. The van der Waals surface area contributed by atoms with Crippen molar-refractivity contribution in [3.8, 4) is 0 Å². The molecule has 0 radical (unpaired) electrons. The molecule has 0 amide bonds. The highest BCUT2D eigenvalue weighted by Crippen LogP contribution is 2.11. The van der Waals surface area contributed by atoms with Crippen molar-refractivity contribution in [2.75, 3.05) is 6.54 Å². The van der Waals surface area contributed by atoms with Gasteiger partial charge in [-0.1, -0.05) is 13.8 Å². The minimum absolute atomic E-state index is 0.677. The number of nitrogens with one attached hydrogen (secondary N) is 1. The van der Waals surface area contributed by atoms with E-state index in [-0.39, 0.29) is 0 Å². The molecule has 0 aliphatic carbocycles. The highest BCUT2D eigenvalue weighted by molar-refractivity contribution is 7.09. The SMILES string of the molecule is Cc1c(CNCC(C)C)cnn1Cc1nccs1. The second-order valence-electron chi connectivity index (χ2n) is 4.86. The summed E-state index contributed by atoms with van der Waals surface area (Å²) in [6, 6.07) is 0. The molecule has 4 nitrogen and oxygen atoms in total. The number of aromatic nitrogens is 3. The predicted octanol–water partition coefficient (Wildman–Crippen LogP) is 2.44. The molecule has 0 aliphatic heterocycles. The zero-order valence-corrected chi connectivity index (χ0v) is 12.0. The van der Waals surface area contributed by atoms with Crippen LogP contribution in [0.4, 0.5) is 0 Å². The number of hydrogen-bond acceptors (Lipinski definition) is 4. The molecule has 0 unspecified atom stereocenters. The number of thiazole rings is 1. The molecule has 98 valence electrons. The van der Waals surface area contributed by atoms with E-state index in [4.69, 9.17) is 0 Å². The van der Waals surface area contributed by atoms with E-state index in [1.54, 1.807) is 11.3 Å². The molecule has 0 saturated heterocycles. The van der Waals surface area contributed by atoms with Crippen molar-refractivity contribution in [1.82, 2.24) is 20.1 Å². The predicted molar refractivity (Wildman–Crippen MR) is 74.7 cm³/mol. The summed E-state index contributed by atoms with van der Waals surface area (Å²) in [5.74, 6) is 0.677. The molecule has 18 heavy (non-hydrogen) atoms. The van der Waals surface area contributed by atoms with E-state index >= 15 is 0 Å². The number of rotatable bonds is 6. The third-order valence-electron chi connectivity index (χ3n) is 2.84. The molecule has 0 aliphatic rings. The minimum Gasteiger partial charge on any atom is -0.312 e. The molecule has 0 atom stereocenters. The van der Waals surface area contributed by atoms with Gasteiger partial charge in [-0.25, -0.2) is 4.98 Å². The Bertz CT molecular complexity index is 473. The molecule has 2 aromatic rings. The normalized spacial score (nSPS) is 11.3. The molecule has 0 bridgehead atoms. The average molecular weight is 264 g/mol. The molecule has 0 aromatic carbocycles. The van der Waals surface area contributed by atoms with Crippen molar-refractivity contribution >= 4 is 11.3 Å². The first kappa shape index (κ1) is 13.2. The minimum atomic E-state index is 0.677. The Morgan fingerprint density at radius 3 is 2.94 bits per heavy atom. The van der Waals surface area contributed by atoms with Crippen LogP contribution in [0.15, 0.2) is 17.8 Å². The maximum atomic E-state index is 4.43. The van der Waals surface area contributed by atoms with Crippen LogP contribution in [0.2, 0.25) is 0 Å². The summed E-state index contributed by atoms with van der Waals surface area (Å²) in [5.41, 5.74) is 2.49. The molecule has 5 heteroatoms. The monoisotopic (exact) mass is 264 g/mol. The molecule has 0 saturated carbocycles. The van der Waals surface area contributed by atoms with E-state index < -0.39 is 0 Å². The first-order valence-electron chi connectivity index (χ1n) is 6.27. The lowest BCUT2D eigenvalue weighted by molar-refractivity contribution is 0.550. The first-order chi connectivity index (χ1) is 8.66. The number of nitrogens with zero attached hydrogens (tertiary/aromatic N) is 3. The van der Waals surface area contributed by atoms with E-state index in [0.29, 0.717) is 5.92 Å². The Labute approximate surface area is 112 Å². The summed E-state index contributed by atoms with van der Waals surface area (Å²) in [4.78, 5) is 4.29. The Hall–Kier alpha value is -1.20. The fourth-order valence-corrected chi connectivity index (χ4v) is 2.37. The van der Waals surface area contributed by atoms with Gasteiger partial charge in [-0.3, -0.25) is 4.68 Å². The van der Waals surface area contributed by atoms with Crippen LogP contribution in [0.5, 0.6) is 0 Å². The summed E-state index contributed by atoms with van der Waals surface area (Å²) in [6.45, 7) is 9.25. The maximum Gasteiger partial charge on any atom is 0.114 e. The molecule has 1 N–H and O–H groups in total. The third-order valence-corrected chi connectivity index (χ3v) is 3.61. The van der Waals surface area contributed by atoms with Crippen molar-refractivity contribution < 1.29 is 0 Å². The Balaban J connectivity index is 1.95. The van der Waals surface area contributed by atoms with Crippen molar-refractivity contribution in [3.63, 3.8) is 0 Å². The van der Waals surface area contributed by atoms with E-state index in [0.717, 1.165) is 24.6 Å². The first-order valence-corrected chi connectivity index (χ1v) is 7.15. The molecule has 2 rings (SSSR count). The fraction of sp³-hybridized carbons (Fsp3) is 0.538. The van der Waals surface area contributed by atoms with Gasteiger partial charge in [0.1, 0.15) is 5.01 Å². The topological polar surface area (TPSA) is 42.7 Å². The van der Waals surface area contributed by atoms with Gasteiger partial charge >= 0.3 is 0 Å². The largest absolute Gasteiger partial charge is 0.312 e. The van der Waals surface area contributed by atoms with Gasteiger partial charge in [-0.2, -0.15) is 5.10 Å². The van der Waals surface area contributed by atoms with E-state index in [9.17, 15) is 0 Å². The summed E-state index contributed by atoms with van der Waals surface area (Å²) >= 11 is 1.67. The van der Waals surface area contributed by atoms with Gasteiger partial charge in [0.25, 0.3) is 0 Å². The van der Waals surface area contributed by atoms with Crippen LogP contribution < -0.4 is 5.32 Å². The Morgan fingerprint density at radius 1 is 1.44 bits per heavy atom. The lowest BCUT2D eigenvalue weighted by Gasteiger charge is -2.07. The van der Waals surface area contributed by atoms with Gasteiger partial charge in [0, 0.05) is 29.4 Å². The van der Waals surface area contributed by atoms with Gasteiger partial charge in [0.2, 0.25) is 0 Å². The molecular weight excluding hydrogens is 244 g/mol. The van der Waals surface area contributed by atoms with Gasteiger partial charge in [-0.15, -0.1) is 11.3 Å². The molecule has 0 spiro atoms. The van der Waals surface area contributed by atoms with Crippen LogP contribution in [0.1, 0.15) is 30.1 Å². The van der Waals surface area contributed by atoms with Gasteiger partial charge in [-0.05, 0) is 19.4 Å². The van der Waals surface area contributed by atoms with E-state index in [1.807, 2.05) is 22.5 Å². The fourth-order valence-electron chi connectivity index (χ4n) is 1.77. The van der Waals surface area contributed by atoms with E-state index in [2.05, 4.69) is 36.2 Å². The number of hydrogen-bond donors (Lipinski definition) is 1. The smallest absolute Gasteiger partial charge is 0.114 e. The lowest BCUT2D eigenvalue weighted by atomic mass is 10.2. The van der Waals surface area contributed by atoms with Crippen molar-refractivity contribution in [2.24, 2.45) is 5.92 Å². The molecular formula is C13H20N4S. The van der Waals surface area contributed by atoms with Crippen molar-refractivity contribution in [1.29, 1.82) is 0 Å². The highest BCUT2D eigenvalue weighted by atomic mass is 32.1. The summed E-state index contributed by atoms with van der Waals surface area (Å²) in [7, 11) is 0. The summed E-state index contributed by atoms with van der Waals surface area (Å²) in [5, 5.41) is 11.0. The molecule has 2 heterocycles. The van der Waals surface area contributed by atoms with Crippen LogP contribution in [0, 0.1) is 12.8 Å². The third kappa shape index (κ3) is 3.40. The summed E-state index contributed by atoms with van der Waals surface area (Å²) < 4.78 is 2.02. The van der Waals surface area contributed by atoms with Crippen LogP contribution in [-0.2, 0) is 13.1 Å². The van der Waals surface area contributed by atoms with Crippen molar-refractivity contribution in [2.45, 2.75) is 33.9 Å². The zero-order chi connectivity index (χ0) is 13.0. The molecule has 2 aromatic heterocycles. The zero-order valence-electron chi connectivity index (χ0n) is 11.2. The molecule has 0 fully saturated rings. The van der Waals surface area contributed by atoms with Crippen LogP contribution in [-0.4, -0.2) is 21.3 Å². The van der Waals surface area contributed by atoms with Crippen LogP contribution in [0.3, 0.4) is 0 Å².